The highest BCUT2D eigenvalue weighted by molar-refractivity contribution is 5.20. The van der Waals surface area contributed by atoms with Crippen molar-refractivity contribution in [2.75, 3.05) is 5.32 Å². The van der Waals surface area contributed by atoms with Gasteiger partial charge in [-0.1, -0.05) is 18.9 Å². The van der Waals surface area contributed by atoms with E-state index in [1.165, 1.54) is 38.5 Å². The molecule has 3 rings (SSSR count). The Morgan fingerprint density at radius 3 is 2.53 bits per heavy atom. The Hall–Kier alpha value is -1.10. The van der Waals surface area contributed by atoms with Crippen LogP contribution in [0.3, 0.4) is 0 Å². The van der Waals surface area contributed by atoms with Gasteiger partial charge in [0.25, 0.3) is 0 Å². The summed E-state index contributed by atoms with van der Waals surface area (Å²) in [5.74, 6) is 0.686. The summed E-state index contributed by atoms with van der Waals surface area (Å²) in [4.78, 5) is 0. The van der Waals surface area contributed by atoms with E-state index >= 15 is 0 Å². The molecule has 1 heterocycles. The van der Waals surface area contributed by atoms with E-state index in [1.54, 1.807) is 0 Å². The van der Waals surface area contributed by atoms with E-state index in [4.69, 9.17) is 4.42 Å². The summed E-state index contributed by atoms with van der Waals surface area (Å²) >= 11 is 0. The van der Waals surface area contributed by atoms with Gasteiger partial charge in [-0.2, -0.15) is 0 Å². The lowest BCUT2D eigenvalue weighted by Crippen LogP contribution is -2.29. The quantitative estimate of drug-likeness (QED) is 0.856. The van der Waals surface area contributed by atoms with Crippen molar-refractivity contribution in [1.29, 1.82) is 0 Å². The Kier molecular flexibility index (Phi) is 3.48. The zero-order chi connectivity index (χ0) is 13.3. The molecule has 106 valence electrons. The van der Waals surface area contributed by atoms with Crippen LogP contribution in [-0.2, 0) is 6.54 Å². The molecule has 0 amide bonds. The van der Waals surface area contributed by atoms with Gasteiger partial charge in [0, 0.05) is 12.1 Å². The summed E-state index contributed by atoms with van der Waals surface area (Å²) in [6, 6.07) is 1.74. The van der Waals surface area contributed by atoms with Crippen molar-refractivity contribution in [3.8, 4) is 0 Å². The molecular formula is C14H24N4O. The van der Waals surface area contributed by atoms with Gasteiger partial charge in [-0.05, 0) is 43.9 Å². The molecule has 2 N–H and O–H groups in total. The first-order chi connectivity index (χ1) is 9.11. The topological polar surface area (TPSA) is 63.0 Å². The molecule has 0 aliphatic heterocycles. The normalized spacial score (nSPS) is 23.5. The molecule has 0 atom stereocenters. The second kappa shape index (κ2) is 5.12. The lowest BCUT2D eigenvalue weighted by Gasteiger charge is -2.34. The molecule has 5 heteroatoms. The minimum absolute atomic E-state index is 0.484. The van der Waals surface area contributed by atoms with Crippen molar-refractivity contribution in [3.63, 3.8) is 0 Å². The molecule has 5 nitrogen and oxygen atoms in total. The first kappa shape index (κ1) is 12.9. The van der Waals surface area contributed by atoms with Gasteiger partial charge in [0.05, 0.1) is 6.54 Å². The van der Waals surface area contributed by atoms with Gasteiger partial charge in [-0.15, -0.1) is 5.10 Å². The SMILES string of the molecule is CC1(C)CCC(Nc2nnc(CNC3CC3)o2)CC1. The predicted octanol–water partition coefficient (Wildman–Crippen LogP) is 2.70. The number of nitrogens with zero attached hydrogens (tertiary/aromatic N) is 2. The molecule has 1 aromatic heterocycles. The summed E-state index contributed by atoms with van der Waals surface area (Å²) in [5.41, 5.74) is 0.492. The molecular weight excluding hydrogens is 240 g/mol. The molecule has 2 aliphatic carbocycles. The fraction of sp³-hybridized carbons (Fsp3) is 0.857. The Morgan fingerprint density at radius 1 is 1.11 bits per heavy atom. The minimum atomic E-state index is 0.484. The number of nitrogens with one attached hydrogen (secondary N) is 2. The summed E-state index contributed by atoms with van der Waals surface area (Å²) in [7, 11) is 0. The average Bonchev–Trinajstić information content (AvgIpc) is 3.10. The highest BCUT2D eigenvalue weighted by atomic mass is 16.4. The Bertz CT molecular complexity index is 415. The van der Waals surface area contributed by atoms with Gasteiger partial charge in [-0.3, -0.25) is 0 Å². The minimum Gasteiger partial charge on any atom is -0.407 e. The van der Waals surface area contributed by atoms with Crippen molar-refractivity contribution in [2.24, 2.45) is 5.41 Å². The van der Waals surface area contributed by atoms with Gasteiger partial charge in [0.2, 0.25) is 5.89 Å². The van der Waals surface area contributed by atoms with Crippen LogP contribution in [0.2, 0.25) is 0 Å². The van der Waals surface area contributed by atoms with E-state index in [0.717, 1.165) is 0 Å². The molecule has 0 unspecified atom stereocenters. The van der Waals surface area contributed by atoms with E-state index < -0.39 is 0 Å². The third kappa shape index (κ3) is 3.69. The van der Waals surface area contributed by atoms with Gasteiger partial charge in [0.15, 0.2) is 0 Å². The Morgan fingerprint density at radius 2 is 1.84 bits per heavy atom. The fourth-order valence-corrected chi connectivity index (χ4v) is 2.62. The lowest BCUT2D eigenvalue weighted by atomic mass is 9.76. The third-order valence-corrected chi connectivity index (χ3v) is 4.25. The van der Waals surface area contributed by atoms with E-state index in [1.807, 2.05) is 0 Å². The summed E-state index contributed by atoms with van der Waals surface area (Å²) in [5, 5.41) is 14.9. The van der Waals surface area contributed by atoms with Crippen LogP contribution in [0.1, 0.15) is 58.3 Å². The van der Waals surface area contributed by atoms with Crippen molar-refractivity contribution in [1.82, 2.24) is 15.5 Å². The molecule has 0 bridgehead atoms. The maximum Gasteiger partial charge on any atom is 0.315 e. The second-order valence-electron chi connectivity index (χ2n) is 6.74. The highest BCUT2D eigenvalue weighted by Gasteiger charge is 2.27. The van der Waals surface area contributed by atoms with Crippen LogP contribution >= 0.6 is 0 Å². The van der Waals surface area contributed by atoms with E-state index in [-0.39, 0.29) is 0 Å². The second-order valence-corrected chi connectivity index (χ2v) is 6.74. The number of hydrogen-bond acceptors (Lipinski definition) is 5. The zero-order valence-corrected chi connectivity index (χ0v) is 11.9. The summed E-state index contributed by atoms with van der Waals surface area (Å²) in [6.07, 6.45) is 7.44. The Balaban J connectivity index is 1.47. The van der Waals surface area contributed by atoms with Crippen molar-refractivity contribution in [3.05, 3.63) is 5.89 Å². The number of hydrogen-bond donors (Lipinski definition) is 2. The van der Waals surface area contributed by atoms with Gasteiger partial charge in [0.1, 0.15) is 0 Å². The summed E-state index contributed by atoms with van der Waals surface area (Å²) < 4.78 is 5.62. The van der Waals surface area contributed by atoms with E-state index in [2.05, 4.69) is 34.7 Å². The molecule has 0 aromatic carbocycles. The number of rotatable bonds is 5. The highest BCUT2D eigenvalue weighted by Crippen LogP contribution is 2.35. The van der Waals surface area contributed by atoms with Crippen LogP contribution in [0, 0.1) is 5.41 Å². The number of anilines is 1. The first-order valence-corrected chi connectivity index (χ1v) is 7.43. The standard InChI is InChI=1S/C14H24N4O/c1-14(2)7-5-11(6-8-14)16-13-18-17-12(19-13)9-15-10-3-4-10/h10-11,15H,3-9H2,1-2H3,(H,16,18). The third-order valence-electron chi connectivity index (χ3n) is 4.25. The molecule has 2 aliphatic rings. The van der Waals surface area contributed by atoms with Crippen LogP contribution in [0.5, 0.6) is 0 Å². The summed E-state index contributed by atoms with van der Waals surface area (Å²) in [6.45, 7) is 5.38. The van der Waals surface area contributed by atoms with E-state index in [0.29, 0.717) is 35.9 Å². The van der Waals surface area contributed by atoms with Crippen molar-refractivity contribution in [2.45, 2.75) is 71.0 Å². The molecule has 0 saturated heterocycles. The van der Waals surface area contributed by atoms with Crippen LogP contribution in [0.25, 0.3) is 0 Å². The molecule has 2 saturated carbocycles. The van der Waals surface area contributed by atoms with Crippen LogP contribution in [-0.4, -0.2) is 22.3 Å². The maximum atomic E-state index is 5.62. The lowest BCUT2D eigenvalue weighted by molar-refractivity contribution is 0.231. The van der Waals surface area contributed by atoms with Gasteiger partial charge >= 0.3 is 6.01 Å². The van der Waals surface area contributed by atoms with Crippen molar-refractivity contribution >= 4 is 6.01 Å². The smallest absolute Gasteiger partial charge is 0.315 e. The molecule has 1 aromatic rings. The largest absolute Gasteiger partial charge is 0.407 e. The van der Waals surface area contributed by atoms with Crippen LogP contribution in [0.4, 0.5) is 6.01 Å². The van der Waals surface area contributed by atoms with Crippen molar-refractivity contribution < 1.29 is 4.42 Å². The molecule has 0 spiro atoms. The van der Waals surface area contributed by atoms with Crippen LogP contribution < -0.4 is 10.6 Å². The predicted molar refractivity (Wildman–Crippen MR) is 73.8 cm³/mol. The molecule has 2 fully saturated rings. The van der Waals surface area contributed by atoms with Gasteiger partial charge < -0.3 is 15.1 Å². The van der Waals surface area contributed by atoms with Crippen LogP contribution in [0.15, 0.2) is 4.42 Å². The maximum absolute atomic E-state index is 5.62. The zero-order valence-electron chi connectivity index (χ0n) is 11.9. The first-order valence-electron chi connectivity index (χ1n) is 7.43. The monoisotopic (exact) mass is 264 g/mol. The van der Waals surface area contributed by atoms with Gasteiger partial charge in [-0.25, -0.2) is 0 Å². The fourth-order valence-electron chi connectivity index (χ4n) is 2.62. The Labute approximate surface area is 114 Å². The molecule has 19 heavy (non-hydrogen) atoms. The molecule has 0 radical (unpaired) electrons. The van der Waals surface area contributed by atoms with E-state index in [9.17, 15) is 0 Å². The average molecular weight is 264 g/mol. The number of aromatic nitrogens is 2.